The summed E-state index contributed by atoms with van der Waals surface area (Å²) in [5.41, 5.74) is 1.81. The third kappa shape index (κ3) is 9.37. The molecule has 2 N–H and O–H groups in total. The Morgan fingerprint density at radius 2 is 1.86 bits per heavy atom. The summed E-state index contributed by atoms with van der Waals surface area (Å²) in [6.07, 6.45) is 5.53. The number of halogens is 1. The molecule has 1 fully saturated rings. The fraction of sp³-hybridized carbons (Fsp3) is 0.543. The number of hydrogen-bond donors (Lipinski definition) is 2. The van der Waals surface area contributed by atoms with Gasteiger partial charge in [-0.25, -0.2) is 19.0 Å². The number of amides is 2. The normalized spacial score (nSPS) is 14.9. The van der Waals surface area contributed by atoms with Crippen LogP contribution in [0.3, 0.4) is 0 Å². The van der Waals surface area contributed by atoms with E-state index in [9.17, 15) is 14.4 Å². The molecule has 14 nitrogen and oxygen atoms in total. The van der Waals surface area contributed by atoms with Crippen molar-refractivity contribution in [3.8, 4) is 0 Å². The van der Waals surface area contributed by atoms with Crippen molar-refractivity contribution >= 4 is 65.7 Å². The molecule has 4 heterocycles. The fourth-order valence-electron chi connectivity index (χ4n) is 5.98. The Kier molecular flexibility index (Phi) is 11.6. The van der Waals surface area contributed by atoms with Crippen LogP contribution in [0, 0.1) is 5.92 Å². The average molecular weight is 741 g/mol. The molecular formula is C35H49ClN8O6Si. The number of ether oxygens (including phenoxy) is 3. The maximum atomic E-state index is 14.1. The van der Waals surface area contributed by atoms with Crippen LogP contribution < -0.4 is 15.5 Å². The first-order valence-electron chi connectivity index (χ1n) is 17.4. The molecule has 16 heteroatoms. The Bertz CT molecular complexity index is 1890. The Morgan fingerprint density at radius 3 is 2.53 bits per heavy atom. The molecule has 1 aliphatic heterocycles. The number of carbonyl (C=O) groups is 3. The average Bonchev–Trinajstić information content (AvgIpc) is 3.63. The van der Waals surface area contributed by atoms with Gasteiger partial charge in [0.1, 0.15) is 23.4 Å². The molecule has 276 valence electrons. The fourth-order valence-corrected chi connectivity index (χ4v) is 7.00. The van der Waals surface area contributed by atoms with Gasteiger partial charge in [-0.1, -0.05) is 31.2 Å². The van der Waals surface area contributed by atoms with E-state index < -0.39 is 31.7 Å². The first-order chi connectivity index (χ1) is 24.0. The number of fused-ring (bicyclic) bond motifs is 2. The summed E-state index contributed by atoms with van der Waals surface area (Å²) in [4.78, 5) is 46.0. The van der Waals surface area contributed by atoms with Crippen LogP contribution in [0.2, 0.25) is 30.7 Å². The molecule has 3 aromatic heterocycles. The van der Waals surface area contributed by atoms with Gasteiger partial charge in [-0.2, -0.15) is 5.10 Å². The highest BCUT2D eigenvalue weighted by Crippen LogP contribution is 2.40. The highest BCUT2D eigenvalue weighted by Gasteiger charge is 2.32. The third-order valence-corrected chi connectivity index (χ3v) is 10.5. The van der Waals surface area contributed by atoms with E-state index in [1.807, 2.05) is 26.1 Å². The van der Waals surface area contributed by atoms with Gasteiger partial charge < -0.3 is 24.4 Å². The van der Waals surface area contributed by atoms with Gasteiger partial charge in [-0.3, -0.25) is 14.9 Å². The second kappa shape index (κ2) is 15.6. The van der Waals surface area contributed by atoms with Gasteiger partial charge in [0.15, 0.2) is 11.5 Å². The van der Waals surface area contributed by atoms with Crippen molar-refractivity contribution in [2.45, 2.75) is 91.5 Å². The van der Waals surface area contributed by atoms with E-state index in [-0.39, 0.29) is 35.6 Å². The molecular weight excluding hydrogens is 692 g/mol. The molecule has 5 rings (SSSR count). The van der Waals surface area contributed by atoms with E-state index in [4.69, 9.17) is 30.9 Å². The molecule has 1 atom stereocenters. The van der Waals surface area contributed by atoms with Crippen molar-refractivity contribution in [1.29, 1.82) is 0 Å². The maximum absolute atomic E-state index is 14.1. The molecule has 51 heavy (non-hydrogen) atoms. The molecule has 1 aromatic carbocycles. The number of carbonyl (C=O) groups excluding carboxylic acids is 3. The summed E-state index contributed by atoms with van der Waals surface area (Å²) in [6, 6.07) is 3.98. The Labute approximate surface area is 304 Å². The summed E-state index contributed by atoms with van der Waals surface area (Å²) in [5, 5.41) is 16.3. The summed E-state index contributed by atoms with van der Waals surface area (Å²) in [5.74, 6) is -0.875. The van der Waals surface area contributed by atoms with Gasteiger partial charge in [0.2, 0.25) is 0 Å². The van der Waals surface area contributed by atoms with E-state index >= 15 is 0 Å². The lowest BCUT2D eigenvalue weighted by Crippen LogP contribution is -2.38. The van der Waals surface area contributed by atoms with Gasteiger partial charge in [0, 0.05) is 57.3 Å². The smallest absolute Gasteiger partial charge is 0.413 e. The van der Waals surface area contributed by atoms with E-state index in [1.165, 1.54) is 4.52 Å². The van der Waals surface area contributed by atoms with E-state index in [0.717, 1.165) is 22.7 Å². The topological polar surface area (TPSA) is 154 Å². The van der Waals surface area contributed by atoms with Crippen LogP contribution >= 0.6 is 11.6 Å². The van der Waals surface area contributed by atoms with Crippen molar-refractivity contribution in [3.63, 3.8) is 0 Å². The second-order valence-corrected chi connectivity index (χ2v) is 21.1. The number of piperidine rings is 1. The van der Waals surface area contributed by atoms with E-state index in [2.05, 4.69) is 45.3 Å². The highest BCUT2D eigenvalue weighted by molar-refractivity contribution is 6.76. The number of nitrogens with one attached hydrogen (secondary N) is 2. The molecule has 0 aliphatic carbocycles. The van der Waals surface area contributed by atoms with Crippen molar-refractivity contribution in [1.82, 2.24) is 29.7 Å². The summed E-state index contributed by atoms with van der Waals surface area (Å²) in [6.45, 7) is 18.2. The standard InChI is InChI=1S/C35H49ClN8O6Si/c1-9-49-33(46)23-11-15-42(16-12-23)29-24(19-26(36)25-20-43(40-28(25)29)21-48-17-18-51(6,7)8)22(2)38-32(45)27-30(39-34(47)50-35(3,4)5)41-44-14-10-13-37-31(27)44/h10,13-14,19-20,22-23H,9,11-12,15-18,21H2,1-8H3,(H,38,45)(H,39,41,47). The van der Waals surface area contributed by atoms with Crippen LogP contribution in [-0.2, 0) is 25.7 Å². The molecule has 0 saturated carbocycles. The number of aromatic nitrogens is 5. The Hall–Kier alpha value is -4.21. The zero-order chi connectivity index (χ0) is 37.1. The van der Waals surface area contributed by atoms with Crippen LogP contribution in [-0.4, -0.2) is 82.3 Å². The zero-order valence-corrected chi connectivity index (χ0v) is 32.5. The molecule has 1 saturated heterocycles. The number of rotatable bonds is 12. The van der Waals surface area contributed by atoms with Crippen molar-refractivity contribution in [3.05, 3.63) is 46.9 Å². The monoisotopic (exact) mass is 740 g/mol. The van der Waals surface area contributed by atoms with Gasteiger partial charge in [0.05, 0.1) is 29.3 Å². The molecule has 1 aliphatic rings. The van der Waals surface area contributed by atoms with E-state index in [1.54, 1.807) is 43.9 Å². The lowest BCUT2D eigenvalue weighted by Gasteiger charge is -2.35. The molecule has 0 spiro atoms. The second-order valence-electron chi connectivity index (χ2n) is 15.0. The van der Waals surface area contributed by atoms with Gasteiger partial charge in [-0.15, -0.1) is 5.10 Å². The highest BCUT2D eigenvalue weighted by atomic mass is 35.5. The predicted octanol–water partition coefficient (Wildman–Crippen LogP) is 6.66. The molecule has 1 unspecified atom stereocenters. The third-order valence-electron chi connectivity index (χ3n) is 8.51. The quantitative estimate of drug-likeness (QED) is 0.0916. The lowest BCUT2D eigenvalue weighted by atomic mass is 9.94. The predicted molar refractivity (Wildman–Crippen MR) is 199 cm³/mol. The van der Waals surface area contributed by atoms with E-state index in [0.29, 0.717) is 49.7 Å². The van der Waals surface area contributed by atoms with Gasteiger partial charge in [-0.05, 0) is 65.6 Å². The minimum Gasteiger partial charge on any atom is -0.466 e. The number of anilines is 2. The van der Waals surface area contributed by atoms with Crippen molar-refractivity contribution < 1.29 is 28.6 Å². The van der Waals surface area contributed by atoms with Gasteiger partial charge in [0.25, 0.3) is 5.91 Å². The van der Waals surface area contributed by atoms with Crippen LogP contribution in [0.25, 0.3) is 16.6 Å². The van der Waals surface area contributed by atoms with Gasteiger partial charge >= 0.3 is 12.1 Å². The molecule has 0 radical (unpaired) electrons. The van der Waals surface area contributed by atoms with Crippen LogP contribution in [0.5, 0.6) is 0 Å². The Morgan fingerprint density at radius 1 is 1.14 bits per heavy atom. The number of hydrogen-bond acceptors (Lipinski definition) is 10. The number of nitrogens with zero attached hydrogens (tertiary/aromatic N) is 6. The van der Waals surface area contributed by atoms with Crippen molar-refractivity contribution in [2.24, 2.45) is 5.92 Å². The Balaban J connectivity index is 1.48. The zero-order valence-electron chi connectivity index (χ0n) is 30.7. The summed E-state index contributed by atoms with van der Waals surface area (Å²) >= 11 is 6.93. The molecule has 0 bridgehead atoms. The first kappa shape index (κ1) is 38.0. The number of benzene rings is 1. The first-order valence-corrected chi connectivity index (χ1v) is 21.5. The largest absolute Gasteiger partial charge is 0.466 e. The minimum absolute atomic E-state index is 0.00951. The SMILES string of the molecule is CCOC(=O)C1CCN(c2c(C(C)NC(=O)c3c(NC(=O)OC(C)(C)C)nn4cccnc34)cc(Cl)c3cn(COCC[Si](C)(C)C)nc23)CC1. The van der Waals surface area contributed by atoms with Crippen LogP contribution in [0.4, 0.5) is 16.3 Å². The summed E-state index contributed by atoms with van der Waals surface area (Å²) in [7, 11) is -1.26. The van der Waals surface area contributed by atoms with Crippen molar-refractivity contribution in [2.75, 3.05) is 36.5 Å². The molecule has 2 amide bonds. The van der Waals surface area contributed by atoms with Crippen LogP contribution in [0.15, 0.2) is 30.7 Å². The molecule has 4 aromatic rings. The maximum Gasteiger partial charge on any atom is 0.413 e. The summed E-state index contributed by atoms with van der Waals surface area (Å²) < 4.78 is 19.9. The minimum atomic E-state index is -1.26. The lowest BCUT2D eigenvalue weighted by molar-refractivity contribution is -0.148. The van der Waals surface area contributed by atoms with Crippen LogP contribution in [0.1, 0.15) is 69.4 Å². The number of esters is 1.